The molecule has 0 unspecified atom stereocenters. The van der Waals surface area contributed by atoms with E-state index in [2.05, 4.69) is 15.0 Å². The number of anilines is 1. The molecule has 1 saturated heterocycles. The first kappa shape index (κ1) is 20.3. The van der Waals surface area contributed by atoms with Gasteiger partial charge in [0.15, 0.2) is 6.61 Å². The number of amides is 1. The number of aromatic nitrogens is 3. The van der Waals surface area contributed by atoms with Gasteiger partial charge in [0.05, 0.1) is 10.8 Å². The van der Waals surface area contributed by atoms with Crippen molar-refractivity contribution in [2.24, 2.45) is 0 Å². The largest absolute Gasteiger partial charge is 0.454 e. The van der Waals surface area contributed by atoms with E-state index in [0.717, 1.165) is 10.5 Å². The van der Waals surface area contributed by atoms with Crippen molar-refractivity contribution in [3.8, 4) is 0 Å². The number of nitrogens with zero attached hydrogens (tertiary/aromatic N) is 4. The van der Waals surface area contributed by atoms with E-state index >= 15 is 0 Å². The lowest BCUT2D eigenvalue weighted by Crippen LogP contribution is -2.50. The quantitative estimate of drug-likeness (QED) is 0.573. The summed E-state index contributed by atoms with van der Waals surface area (Å²) < 4.78 is 5.93. The number of nitrogens with one attached hydrogen (secondary N) is 1. The fourth-order valence-corrected chi connectivity index (χ4v) is 3.49. The molecule has 0 saturated carbocycles. The Bertz CT molecular complexity index is 1210. The number of hydrogen-bond donors (Lipinski definition) is 1. The highest BCUT2D eigenvalue weighted by Crippen LogP contribution is 2.12. The van der Waals surface area contributed by atoms with Crippen molar-refractivity contribution in [1.29, 1.82) is 0 Å². The van der Waals surface area contributed by atoms with E-state index < -0.39 is 30.2 Å². The second kappa shape index (κ2) is 8.82. The van der Waals surface area contributed by atoms with E-state index in [4.69, 9.17) is 4.74 Å². The number of esters is 1. The normalized spacial score (nSPS) is 13.9. The highest BCUT2D eigenvalue weighted by atomic mass is 16.5. The summed E-state index contributed by atoms with van der Waals surface area (Å²) in [5.74, 6) is -0.238. The van der Waals surface area contributed by atoms with Gasteiger partial charge < -0.3 is 14.5 Å². The van der Waals surface area contributed by atoms with Crippen LogP contribution in [0.15, 0.2) is 58.3 Å². The summed E-state index contributed by atoms with van der Waals surface area (Å²) in [5, 5.41) is 2.82. The van der Waals surface area contributed by atoms with Gasteiger partial charge >= 0.3 is 5.97 Å². The molecule has 3 aromatic rings. The molecule has 1 fully saturated rings. The van der Waals surface area contributed by atoms with Gasteiger partial charge in [-0.1, -0.05) is 18.2 Å². The molecule has 1 aliphatic heterocycles. The third kappa shape index (κ3) is 4.47. The van der Waals surface area contributed by atoms with E-state index in [9.17, 15) is 19.2 Å². The SMILES string of the molecule is O=C(Cn1[nH]c(=O)c2ccccc2c1=O)OCC(=O)N1CCN(c2ccccn2)CC1. The van der Waals surface area contributed by atoms with Gasteiger partial charge in [0, 0.05) is 32.4 Å². The molecule has 1 N–H and O–H groups in total. The minimum atomic E-state index is -0.784. The molecule has 160 valence electrons. The topological polar surface area (TPSA) is 118 Å². The average molecular weight is 423 g/mol. The molecule has 2 aromatic heterocycles. The monoisotopic (exact) mass is 423 g/mol. The first-order chi connectivity index (χ1) is 15.0. The molecule has 0 bridgehead atoms. The number of pyridine rings is 1. The van der Waals surface area contributed by atoms with E-state index in [1.165, 1.54) is 12.1 Å². The van der Waals surface area contributed by atoms with Gasteiger partial charge in [-0.3, -0.25) is 24.3 Å². The molecule has 31 heavy (non-hydrogen) atoms. The van der Waals surface area contributed by atoms with E-state index in [1.54, 1.807) is 23.2 Å². The highest BCUT2D eigenvalue weighted by Gasteiger charge is 2.23. The van der Waals surface area contributed by atoms with Crippen LogP contribution in [0.4, 0.5) is 5.82 Å². The maximum absolute atomic E-state index is 12.4. The Kier molecular flexibility index (Phi) is 5.78. The Hall–Kier alpha value is -3.95. The molecular formula is C21H21N5O5. The Balaban J connectivity index is 1.31. The first-order valence-electron chi connectivity index (χ1n) is 9.84. The van der Waals surface area contributed by atoms with Crippen molar-refractivity contribution < 1.29 is 14.3 Å². The van der Waals surface area contributed by atoms with Crippen molar-refractivity contribution >= 4 is 28.5 Å². The molecule has 3 heterocycles. The number of fused-ring (bicyclic) bond motifs is 1. The number of carbonyl (C=O) groups excluding carboxylic acids is 2. The molecule has 0 atom stereocenters. The van der Waals surface area contributed by atoms with Crippen molar-refractivity contribution in [3.63, 3.8) is 0 Å². The summed E-state index contributed by atoms with van der Waals surface area (Å²) in [5.41, 5.74) is -0.992. The zero-order valence-electron chi connectivity index (χ0n) is 16.7. The van der Waals surface area contributed by atoms with Gasteiger partial charge in [0.1, 0.15) is 12.4 Å². The van der Waals surface area contributed by atoms with Gasteiger partial charge in [-0.25, -0.2) is 9.67 Å². The zero-order valence-corrected chi connectivity index (χ0v) is 16.7. The molecule has 0 aliphatic carbocycles. The molecule has 10 nitrogen and oxygen atoms in total. The lowest BCUT2D eigenvalue weighted by Gasteiger charge is -2.35. The van der Waals surface area contributed by atoms with Gasteiger partial charge in [0.25, 0.3) is 17.0 Å². The predicted molar refractivity (Wildman–Crippen MR) is 113 cm³/mol. The second-order valence-corrected chi connectivity index (χ2v) is 7.09. The summed E-state index contributed by atoms with van der Waals surface area (Å²) >= 11 is 0. The van der Waals surface area contributed by atoms with Crippen molar-refractivity contribution in [2.45, 2.75) is 6.54 Å². The zero-order chi connectivity index (χ0) is 21.8. The number of rotatable bonds is 5. The third-order valence-electron chi connectivity index (χ3n) is 5.13. The minimum absolute atomic E-state index is 0.209. The van der Waals surface area contributed by atoms with Crippen molar-refractivity contribution in [2.75, 3.05) is 37.7 Å². The summed E-state index contributed by atoms with van der Waals surface area (Å²) in [6, 6.07) is 12.0. The highest BCUT2D eigenvalue weighted by molar-refractivity contribution is 5.82. The van der Waals surface area contributed by atoms with Crippen LogP contribution in [0.1, 0.15) is 0 Å². The molecule has 1 aliphatic rings. The summed E-state index contributed by atoms with van der Waals surface area (Å²) in [6.45, 7) is 1.33. The molecular weight excluding hydrogens is 402 g/mol. The Morgan fingerprint density at radius 1 is 0.968 bits per heavy atom. The molecule has 4 rings (SSSR count). The van der Waals surface area contributed by atoms with E-state index in [0.29, 0.717) is 26.2 Å². The van der Waals surface area contributed by atoms with Crippen LogP contribution < -0.4 is 16.0 Å². The smallest absolute Gasteiger partial charge is 0.328 e. The van der Waals surface area contributed by atoms with Crippen LogP contribution in [-0.4, -0.2) is 64.3 Å². The number of aromatic amines is 1. The first-order valence-corrected chi connectivity index (χ1v) is 9.84. The van der Waals surface area contributed by atoms with Crippen LogP contribution in [0.5, 0.6) is 0 Å². The van der Waals surface area contributed by atoms with E-state index in [-0.39, 0.29) is 16.7 Å². The number of H-pyrrole nitrogens is 1. The second-order valence-electron chi connectivity index (χ2n) is 7.09. The fourth-order valence-electron chi connectivity index (χ4n) is 3.49. The Labute approximate surface area is 176 Å². The van der Waals surface area contributed by atoms with E-state index in [1.807, 2.05) is 18.2 Å². The third-order valence-corrected chi connectivity index (χ3v) is 5.13. The van der Waals surface area contributed by atoms with Gasteiger partial charge in [-0.2, -0.15) is 0 Å². The molecule has 0 radical (unpaired) electrons. The summed E-state index contributed by atoms with van der Waals surface area (Å²) in [6.07, 6.45) is 1.72. The lowest BCUT2D eigenvalue weighted by molar-refractivity contribution is -0.152. The number of ether oxygens (including phenoxy) is 1. The molecule has 0 spiro atoms. The van der Waals surface area contributed by atoms with Crippen LogP contribution >= 0.6 is 0 Å². The average Bonchev–Trinajstić information content (AvgIpc) is 2.81. The van der Waals surface area contributed by atoms with Crippen LogP contribution in [0.3, 0.4) is 0 Å². The molecule has 10 heteroatoms. The number of carbonyl (C=O) groups is 2. The summed E-state index contributed by atoms with van der Waals surface area (Å²) in [7, 11) is 0. The van der Waals surface area contributed by atoms with Gasteiger partial charge in [-0.15, -0.1) is 0 Å². The van der Waals surface area contributed by atoms with Crippen LogP contribution in [0.2, 0.25) is 0 Å². The summed E-state index contributed by atoms with van der Waals surface area (Å²) in [4.78, 5) is 57.1. The number of hydrogen-bond acceptors (Lipinski definition) is 7. The lowest BCUT2D eigenvalue weighted by atomic mass is 10.2. The standard InChI is InChI=1S/C21H21N5O5/c27-18(25-11-9-24(10-12-25)17-7-3-4-8-22-17)14-31-19(28)13-26-21(30)16-6-2-1-5-15(16)20(29)23-26/h1-8H,9-14H2,(H,23,29). The van der Waals surface area contributed by atoms with Gasteiger partial charge in [0.2, 0.25) is 0 Å². The maximum Gasteiger partial charge on any atom is 0.328 e. The van der Waals surface area contributed by atoms with Crippen LogP contribution in [0, 0.1) is 0 Å². The van der Waals surface area contributed by atoms with Gasteiger partial charge in [-0.05, 0) is 24.3 Å². The molecule has 1 aromatic carbocycles. The predicted octanol–water partition coefficient (Wildman–Crippen LogP) is -0.0232. The minimum Gasteiger partial charge on any atom is -0.454 e. The Morgan fingerprint density at radius 3 is 2.39 bits per heavy atom. The van der Waals surface area contributed by atoms with Crippen LogP contribution in [-0.2, 0) is 20.9 Å². The Morgan fingerprint density at radius 2 is 1.68 bits per heavy atom. The fraction of sp³-hybridized carbons (Fsp3) is 0.286. The number of benzene rings is 1. The van der Waals surface area contributed by atoms with Crippen molar-refractivity contribution in [1.82, 2.24) is 19.7 Å². The maximum atomic E-state index is 12.4. The van der Waals surface area contributed by atoms with Crippen molar-refractivity contribution in [3.05, 3.63) is 69.4 Å². The molecule has 1 amide bonds. The van der Waals surface area contributed by atoms with Crippen LogP contribution in [0.25, 0.3) is 10.8 Å². The number of piperazine rings is 1.